The average molecular weight is 386 g/mol. The number of para-hydroxylation sites is 1. The van der Waals surface area contributed by atoms with Crippen LogP contribution in [0.5, 0.6) is 5.75 Å². The highest BCUT2D eigenvalue weighted by atomic mass is 32.2. The molecule has 10 heteroatoms. The monoisotopic (exact) mass is 386 g/mol. The summed E-state index contributed by atoms with van der Waals surface area (Å²) in [6.07, 6.45) is 1.26. The molecule has 134 valence electrons. The zero-order chi connectivity index (χ0) is 18.7. The Labute approximate surface area is 145 Å². The first-order valence-corrected chi connectivity index (χ1v) is 9.88. The van der Waals surface area contributed by atoms with Gasteiger partial charge in [-0.25, -0.2) is 26.4 Å². The van der Waals surface area contributed by atoms with Crippen LogP contribution >= 0.6 is 0 Å². The maximum absolute atomic E-state index is 13.7. The molecule has 3 N–H and O–H groups in total. The van der Waals surface area contributed by atoms with Crippen molar-refractivity contribution in [2.45, 2.75) is 4.90 Å². The summed E-state index contributed by atoms with van der Waals surface area (Å²) in [5.41, 5.74) is 0.00784. The van der Waals surface area contributed by atoms with Crippen molar-refractivity contribution in [3.05, 3.63) is 59.3 Å². The quantitative estimate of drug-likeness (QED) is 0.787. The van der Waals surface area contributed by atoms with E-state index in [1.165, 1.54) is 13.2 Å². The molecule has 0 aromatic heterocycles. The molecule has 0 spiro atoms. The van der Waals surface area contributed by atoms with Crippen molar-refractivity contribution in [3.8, 4) is 5.75 Å². The SMILES string of the molecule is COc1ccccc1C=CS(=O)(=O)Nc1cccc(F)c1S(N)(=O)=O. The molecule has 7 nitrogen and oxygen atoms in total. The van der Waals surface area contributed by atoms with E-state index in [0.29, 0.717) is 11.3 Å². The molecule has 2 aromatic carbocycles. The summed E-state index contributed by atoms with van der Waals surface area (Å²) in [5.74, 6) is -0.707. The fourth-order valence-electron chi connectivity index (χ4n) is 2.03. The molecule has 0 atom stereocenters. The molecule has 0 aliphatic heterocycles. The number of hydrogen-bond acceptors (Lipinski definition) is 5. The van der Waals surface area contributed by atoms with E-state index >= 15 is 0 Å². The topological polar surface area (TPSA) is 116 Å². The Balaban J connectivity index is 2.38. The third kappa shape index (κ3) is 4.78. The molecule has 0 heterocycles. The second-order valence-electron chi connectivity index (χ2n) is 4.85. The maximum atomic E-state index is 13.7. The van der Waals surface area contributed by atoms with Crippen molar-refractivity contribution < 1.29 is 26.0 Å². The van der Waals surface area contributed by atoms with Crippen LogP contribution < -0.4 is 14.6 Å². The van der Waals surface area contributed by atoms with Crippen LogP contribution in [0.2, 0.25) is 0 Å². The Hall–Kier alpha value is -2.43. The average Bonchev–Trinajstić information content (AvgIpc) is 2.51. The summed E-state index contributed by atoms with van der Waals surface area (Å²) < 4.78 is 68.1. The second-order valence-corrected chi connectivity index (χ2v) is 7.92. The Morgan fingerprint density at radius 1 is 1.08 bits per heavy atom. The van der Waals surface area contributed by atoms with Crippen LogP contribution in [0.4, 0.5) is 10.1 Å². The van der Waals surface area contributed by atoms with E-state index in [-0.39, 0.29) is 0 Å². The molecule has 0 unspecified atom stereocenters. The first kappa shape index (κ1) is 18.9. The number of primary sulfonamides is 1. The molecular formula is C15H15FN2O5S2. The molecule has 0 saturated carbocycles. The number of sulfonamides is 2. The predicted octanol–water partition coefficient (Wildman–Crippen LogP) is 1.89. The van der Waals surface area contributed by atoms with Gasteiger partial charge < -0.3 is 4.74 Å². The van der Waals surface area contributed by atoms with E-state index in [1.54, 1.807) is 24.3 Å². The van der Waals surface area contributed by atoms with Crippen LogP contribution in [-0.4, -0.2) is 23.9 Å². The zero-order valence-corrected chi connectivity index (χ0v) is 14.6. The summed E-state index contributed by atoms with van der Waals surface area (Å²) >= 11 is 0. The Bertz CT molecular complexity index is 1020. The lowest BCUT2D eigenvalue weighted by Crippen LogP contribution is -2.19. The fraction of sp³-hybridized carbons (Fsp3) is 0.0667. The minimum Gasteiger partial charge on any atom is -0.496 e. The van der Waals surface area contributed by atoms with Gasteiger partial charge in [0.25, 0.3) is 10.0 Å². The molecule has 25 heavy (non-hydrogen) atoms. The highest BCUT2D eigenvalue weighted by molar-refractivity contribution is 7.95. The normalized spacial score (nSPS) is 12.3. The number of anilines is 1. The molecule has 0 radical (unpaired) electrons. The smallest absolute Gasteiger partial charge is 0.255 e. The van der Waals surface area contributed by atoms with Gasteiger partial charge in [-0.2, -0.15) is 0 Å². The second kappa shape index (κ2) is 7.21. The number of rotatable bonds is 6. The Morgan fingerprint density at radius 2 is 1.76 bits per heavy atom. The van der Waals surface area contributed by atoms with Crippen LogP contribution in [0.15, 0.2) is 52.8 Å². The number of ether oxygens (including phenoxy) is 1. The lowest BCUT2D eigenvalue weighted by molar-refractivity contribution is 0.414. The molecule has 0 amide bonds. The molecule has 0 fully saturated rings. The summed E-state index contributed by atoms with van der Waals surface area (Å²) in [4.78, 5) is -0.927. The van der Waals surface area contributed by atoms with E-state index in [9.17, 15) is 21.2 Å². The van der Waals surface area contributed by atoms with Gasteiger partial charge in [0, 0.05) is 5.56 Å². The van der Waals surface area contributed by atoms with E-state index in [1.807, 2.05) is 4.72 Å². The molecule has 0 aliphatic carbocycles. The van der Waals surface area contributed by atoms with Gasteiger partial charge in [-0.3, -0.25) is 4.72 Å². The van der Waals surface area contributed by atoms with Crippen molar-refractivity contribution in [2.24, 2.45) is 5.14 Å². The van der Waals surface area contributed by atoms with Crippen molar-refractivity contribution in [3.63, 3.8) is 0 Å². The van der Waals surface area contributed by atoms with Gasteiger partial charge in [-0.05, 0) is 24.3 Å². The lowest BCUT2D eigenvalue weighted by Gasteiger charge is -2.10. The van der Waals surface area contributed by atoms with E-state index in [4.69, 9.17) is 9.88 Å². The highest BCUT2D eigenvalue weighted by Gasteiger charge is 2.21. The first-order valence-electron chi connectivity index (χ1n) is 6.79. The Kier molecular flexibility index (Phi) is 5.45. The highest BCUT2D eigenvalue weighted by Crippen LogP contribution is 2.25. The number of methoxy groups -OCH3 is 1. The van der Waals surface area contributed by atoms with Crippen molar-refractivity contribution in [1.29, 1.82) is 0 Å². The fourth-order valence-corrected chi connectivity index (χ4v) is 3.73. The van der Waals surface area contributed by atoms with Crippen molar-refractivity contribution in [1.82, 2.24) is 0 Å². The summed E-state index contributed by atoms with van der Waals surface area (Å²) in [5, 5.41) is 5.75. The van der Waals surface area contributed by atoms with E-state index in [0.717, 1.165) is 23.6 Å². The van der Waals surface area contributed by atoms with E-state index < -0.39 is 36.4 Å². The molecule has 0 saturated heterocycles. The minimum atomic E-state index is -4.46. The number of benzene rings is 2. The van der Waals surface area contributed by atoms with Crippen LogP contribution in [0, 0.1) is 5.82 Å². The van der Waals surface area contributed by atoms with Gasteiger partial charge in [0.05, 0.1) is 18.2 Å². The van der Waals surface area contributed by atoms with Gasteiger partial charge in [-0.15, -0.1) is 0 Å². The first-order chi connectivity index (χ1) is 11.6. The number of nitrogens with two attached hydrogens (primary N) is 1. The number of nitrogens with one attached hydrogen (secondary N) is 1. The van der Waals surface area contributed by atoms with Crippen molar-refractivity contribution >= 4 is 31.8 Å². The maximum Gasteiger partial charge on any atom is 0.255 e. The predicted molar refractivity (Wildman–Crippen MR) is 92.3 cm³/mol. The van der Waals surface area contributed by atoms with Gasteiger partial charge >= 0.3 is 0 Å². The molecule has 0 bridgehead atoms. The number of halogens is 1. The standard InChI is InChI=1S/C15H15FN2O5S2/c1-23-14-8-3-2-5-11(14)9-10-24(19,20)18-13-7-4-6-12(16)15(13)25(17,21)22/h2-10,18H,1H3,(H2,17,21,22). The largest absolute Gasteiger partial charge is 0.496 e. The van der Waals surface area contributed by atoms with Crippen LogP contribution in [0.3, 0.4) is 0 Å². The number of hydrogen-bond donors (Lipinski definition) is 2. The Morgan fingerprint density at radius 3 is 2.40 bits per heavy atom. The zero-order valence-electron chi connectivity index (χ0n) is 13.0. The van der Waals surface area contributed by atoms with Crippen LogP contribution in [0.25, 0.3) is 6.08 Å². The summed E-state index contributed by atoms with van der Waals surface area (Å²) in [6.45, 7) is 0. The summed E-state index contributed by atoms with van der Waals surface area (Å²) in [6, 6.07) is 9.79. The van der Waals surface area contributed by atoms with Gasteiger partial charge in [0.15, 0.2) is 0 Å². The van der Waals surface area contributed by atoms with Gasteiger partial charge in [0.1, 0.15) is 16.5 Å². The third-order valence-electron chi connectivity index (χ3n) is 3.07. The van der Waals surface area contributed by atoms with Gasteiger partial charge in [0.2, 0.25) is 10.0 Å². The molecule has 2 rings (SSSR count). The lowest BCUT2D eigenvalue weighted by atomic mass is 10.2. The minimum absolute atomic E-state index is 0.449. The van der Waals surface area contributed by atoms with Gasteiger partial charge in [-0.1, -0.05) is 24.3 Å². The summed E-state index contributed by atoms with van der Waals surface area (Å²) in [7, 11) is -7.16. The molecule has 2 aromatic rings. The van der Waals surface area contributed by atoms with Crippen LogP contribution in [-0.2, 0) is 20.0 Å². The molecular weight excluding hydrogens is 371 g/mol. The van der Waals surface area contributed by atoms with Crippen LogP contribution in [0.1, 0.15) is 5.56 Å². The molecule has 0 aliphatic rings. The van der Waals surface area contributed by atoms with Crippen molar-refractivity contribution in [2.75, 3.05) is 11.8 Å². The third-order valence-corrected chi connectivity index (χ3v) is 5.05. The van der Waals surface area contributed by atoms with E-state index in [2.05, 4.69) is 0 Å².